The van der Waals surface area contributed by atoms with Crippen molar-refractivity contribution in [3.8, 4) is 0 Å². The van der Waals surface area contributed by atoms with Gasteiger partial charge in [0.15, 0.2) is 0 Å². The number of sulfonamides is 2. The van der Waals surface area contributed by atoms with Gasteiger partial charge in [0.2, 0.25) is 20.0 Å². The third kappa shape index (κ3) is 4.00. The van der Waals surface area contributed by atoms with Crippen molar-refractivity contribution in [1.29, 1.82) is 0 Å². The molecule has 1 rings (SSSR count). The Bertz CT molecular complexity index is 638. The lowest BCUT2D eigenvalue weighted by atomic mass is 10.3. The molecule has 0 saturated heterocycles. The lowest BCUT2D eigenvalue weighted by Crippen LogP contribution is -2.28. The number of primary sulfonamides is 1. The van der Waals surface area contributed by atoms with Crippen LogP contribution in [0.4, 0.5) is 0 Å². The van der Waals surface area contributed by atoms with E-state index in [0.29, 0.717) is 6.54 Å². The largest absolute Gasteiger partial charge is 0.242 e. The maximum absolute atomic E-state index is 12.2. The summed E-state index contributed by atoms with van der Waals surface area (Å²) in [7, 11) is -6.13. The number of hydrogen-bond acceptors (Lipinski definition) is 4. The fourth-order valence-corrected chi connectivity index (χ4v) is 3.38. The molecule has 1 aromatic rings. The second-order valence-electron chi connectivity index (χ2n) is 4.20. The molecule has 8 heteroatoms. The number of rotatable bonds is 6. The zero-order chi connectivity index (χ0) is 14.7. The van der Waals surface area contributed by atoms with E-state index in [9.17, 15) is 16.8 Å². The summed E-state index contributed by atoms with van der Waals surface area (Å²) in [5.41, 5.74) is 0. The van der Waals surface area contributed by atoms with E-state index in [1.807, 2.05) is 6.92 Å². The minimum atomic E-state index is -3.91. The van der Waals surface area contributed by atoms with Gasteiger partial charge < -0.3 is 0 Å². The second-order valence-corrected chi connectivity index (χ2v) is 7.81. The minimum Gasteiger partial charge on any atom is -0.225 e. The molecule has 0 aliphatic rings. The molecule has 0 aromatic heterocycles. The quantitative estimate of drug-likeness (QED) is 0.838. The molecule has 0 atom stereocenters. The number of nitrogens with zero attached hydrogens (tertiary/aromatic N) is 1. The van der Waals surface area contributed by atoms with E-state index in [-0.39, 0.29) is 9.79 Å². The molecule has 108 valence electrons. The van der Waals surface area contributed by atoms with E-state index >= 15 is 0 Å². The summed E-state index contributed by atoms with van der Waals surface area (Å²) in [4.78, 5) is -0.282. The van der Waals surface area contributed by atoms with Crippen molar-refractivity contribution in [3.05, 3.63) is 24.3 Å². The van der Waals surface area contributed by atoms with Crippen molar-refractivity contribution >= 4 is 20.0 Å². The number of unbranched alkanes of at least 4 members (excludes halogenated alkanes) is 1. The van der Waals surface area contributed by atoms with E-state index in [0.717, 1.165) is 18.9 Å². The van der Waals surface area contributed by atoms with Crippen LogP contribution in [0.2, 0.25) is 0 Å². The molecule has 0 fully saturated rings. The molecule has 0 bridgehead atoms. The first-order chi connectivity index (χ1) is 8.69. The summed E-state index contributed by atoms with van der Waals surface area (Å²) in [5, 5.41) is 4.99. The molecule has 0 unspecified atom stereocenters. The average Bonchev–Trinajstić information content (AvgIpc) is 2.35. The van der Waals surface area contributed by atoms with Crippen LogP contribution >= 0.6 is 0 Å². The zero-order valence-electron chi connectivity index (χ0n) is 10.9. The normalized spacial score (nSPS) is 12.8. The van der Waals surface area contributed by atoms with Gasteiger partial charge in [-0.3, -0.25) is 0 Å². The average molecular weight is 306 g/mol. The van der Waals surface area contributed by atoms with E-state index < -0.39 is 20.0 Å². The van der Waals surface area contributed by atoms with Crippen molar-refractivity contribution in [2.24, 2.45) is 5.14 Å². The molecule has 0 aliphatic heterocycles. The van der Waals surface area contributed by atoms with Gasteiger partial charge in [-0.1, -0.05) is 19.4 Å². The van der Waals surface area contributed by atoms with Gasteiger partial charge in [0, 0.05) is 13.6 Å². The topological polar surface area (TPSA) is 97.5 Å². The van der Waals surface area contributed by atoms with Crippen LogP contribution < -0.4 is 5.14 Å². The summed E-state index contributed by atoms with van der Waals surface area (Å²) in [6.07, 6.45) is 1.61. The first kappa shape index (κ1) is 16.1. The standard InChI is InChI=1S/C11H18N2O4S2/c1-3-4-8-13(2)19(16,17)11-7-5-6-10(9-11)18(12,14)15/h5-7,9H,3-4,8H2,1-2H3,(H2,12,14,15). The summed E-state index contributed by atoms with van der Waals surface area (Å²) < 4.78 is 48.1. The molecule has 0 heterocycles. The SMILES string of the molecule is CCCCN(C)S(=O)(=O)c1cccc(S(N)(=O)=O)c1. The Morgan fingerprint density at radius 3 is 2.26 bits per heavy atom. The van der Waals surface area contributed by atoms with Gasteiger partial charge in [0.05, 0.1) is 9.79 Å². The van der Waals surface area contributed by atoms with Crippen molar-refractivity contribution in [1.82, 2.24) is 4.31 Å². The monoisotopic (exact) mass is 306 g/mol. The maximum atomic E-state index is 12.2. The summed E-state index contributed by atoms with van der Waals surface area (Å²) in [6, 6.07) is 5.06. The Balaban J connectivity index is 3.16. The van der Waals surface area contributed by atoms with Gasteiger partial charge in [-0.05, 0) is 24.6 Å². The minimum absolute atomic E-state index is 0.0716. The van der Waals surface area contributed by atoms with Gasteiger partial charge in [-0.25, -0.2) is 26.3 Å². The lowest BCUT2D eigenvalue weighted by Gasteiger charge is -2.17. The molecule has 19 heavy (non-hydrogen) atoms. The van der Waals surface area contributed by atoms with Crippen LogP contribution in [-0.4, -0.2) is 34.7 Å². The molecule has 0 saturated carbocycles. The van der Waals surface area contributed by atoms with Crippen LogP contribution in [-0.2, 0) is 20.0 Å². The van der Waals surface area contributed by atoms with Gasteiger partial charge in [0.25, 0.3) is 0 Å². The fraction of sp³-hybridized carbons (Fsp3) is 0.455. The van der Waals surface area contributed by atoms with E-state index in [1.165, 1.54) is 29.6 Å². The van der Waals surface area contributed by atoms with Crippen molar-refractivity contribution in [3.63, 3.8) is 0 Å². The molecule has 0 spiro atoms. The zero-order valence-corrected chi connectivity index (χ0v) is 12.5. The molecule has 0 radical (unpaired) electrons. The highest BCUT2D eigenvalue weighted by atomic mass is 32.2. The Morgan fingerprint density at radius 2 is 1.74 bits per heavy atom. The van der Waals surface area contributed by atoms with Crippen LogP contribution in [0.1, 0.15) is 19.8 Å². The molecular formula is C11H18N2O4S2. The maximum Gasteiger partial charge on any atom is 0.242 e. The lowest BCUT2D eigenvalue weighted by molar-refractivity contribution is 0.459. The molecule has 1 aromatic carbocycles. The highest BCUT2D eigenvalue weighted by molar-refractivity contribution is 7.90. The predicted octanol–water partition coefficient (Wildman–Crippen LogP) is 0.755. The molecule has 6 nitrogen and oxygen atoms in total. The van der Waals surface area contributed by atoms with E-state index in [4.69, 9.17) is 5.14 Å². The Kier molecular flexibility index (Phi) is 5.08. The predicted molar refractivity (Wildman–Crippen MR) is 72.5 cm³/mol. The third-order valence-electron chi connectivity index (χ3n) is 2.67. The Labute approximate surface area is 114 Å². The van der Waals surface area contributed by atoms with E-state index in [1.54, 1.807) is 0 Å². The van der Waals surface area contributed by atoms with Crippen LogP contribution in [0.25, 0.3) is 0 Å². The highest BCUT2D eigenvalue weighted by Crippen LogP contribution is 2.18. The van der Waals surface area contributed by atoms with Gasteiger partial charge in [0.1, 0.15) is 0 Å². The number of hydrogen-bond donors (Lipinski definition) is 1. The summed E-state index contributed by atoms with van der Waals surface area (Å²) >= 11 is 0. The van der Waals surface area contributed by atoms with Crippen molar-refractivity contribution < 1.29 is 16.8 Å². The second kappa shape index (κ2) is 6.00. The molecular weight excluding hydrogens is 288 g/mol. The smallest absolute Gasteiger partial charge is 0.225 e. The van der Waals surface area contributed by atoms with Crippen LogP contribution in [0.15, 0.2) is 34.1 Å². The highest BCUT2D eigenvalue weighted by Gasteiger charge is 2.21. The first-order valence-electron chi connectivity index (χ1n) is 5.79. The van der Waals surface area contributed by atoms with Gasteiger partial charge >= 0.3 is 0 Å². The molecule has 0 aliphatic carbocycles. The fourth-order valence-electron chi connectivity index (χ4n) is 1.49. The van der Waals surface area contributed by atoms with Crippen molar-refractivity contribution in [2.45, 2.75) is 29.6 Å². The van der Waals surface area contributed by atoms with Gasteiger partial charge in [-0.15, -0.1) is 0 Å². The Morgan fingerprint density at radius 1 is 1.16 bits per heavy atom. The Hall–Kier alpha value is -0.960. The van der Waals surface area contributed by atoms with Crippen LogP contribution in [0, 0.1) is 0 Å². The van der Waals surface area contributed by atoms with Crippen molar-refractivity contribution in [2.75, 3.05) is 13.6 Å². The third-order valence-corrected chi connectivity index (χ3v) is 5.43. The van der Waals surface area contributed by atoms with Gasteiger partial charge in [-0.2, -0.15) is 0 Å². The number of nitrogens with two attached hydrogens (primary N) is 1. The van der Waals surface area contributed by atoms with Crippen LogP contribution in [0.5, 0.6) is 0 Å². The summed E-state index contributed by atoms with van der Waals surface area (Å²) in [5.74, 6) is 0. The van der Waals surface area contributed by atoms with E-state index in [2.05, 4.69) is 0 Å². The summed E-state index contributed by atoms with van der Waals surface area (Å²) in [6.45, 7) is 2.35. The first-order valence-corrected chi connectivity index (χ1v) is 8.77. The molecule has 0 amide bonds. The number of benzene rings is 1. The van der Waals surface area contributed by atoms with Crippen LogP contribution in [0.3, 0.4) is 0 Å². The molecule has 2 N–H and O–H groups in total.